The second kappa shape index (κ2) is 4.80. The van der Waals surface area contributed by atoms with Gasteiger partial charge in [-0.3, -0.25) is 0 Å². The first-order valence-corrected chi connectivity index (χ1v) is 6.75. The van der Waals surface area contributed by atoms with Crippen molar-refractivity contribution in [1.29, 1.82) is 0 Å². The van der Waals surface area contributed by atoms with Gasteiger partial charge in [0.25, 0.3) is 0 Å². The van der Waals surface area contributed by atoms with Crippen LogP contribution in [0, 0.1) is 5.92 Å². The number of hydrogen-bond donors (Lipinski definition) is 0. The summed E-state index contributed by atoms with van der Waals surface area (Å²) in [6.07, 6.45) is -0.647. The molecule has 0 saturated carbocycles. The van der Waals surface area contributed by atoms with Gasteiger partial charge in [0.2, 0.25) is 0 Å². The van der Waals surface area contributed by atoms with E-state index >= 15 is 0 Å². The van der Waals surface area contributed by atoms with E-state index in [1.54, 1.807) is 0 Å². The second-order valence-electron chi connectivity index (χ2n) is 4.86. The minimum atomic E-state index is -4.45. The van der Waals surface area contributed by atoms with Crippen LogP contribution in [0.15, 0.2) is 18.5 Å². The van der Waals surface area contributed by atoms with Crippen LogP contribution in [-0.2, 0) is 6.18 Å². The Labute approximate surface area is 118 Å². The van der Waals surface area contributed by atoms with Gasteiger partial charge in [-0.2, -0.15) is 18.3 Å². The Morgan fingerprint density at radius 2 is 2.20 bits per heavy atom. The van der Waals surface area contributed by atoms with Gasteiger partial charge in [-0.25, -0.2) is 9.50 Å². The summed E-state index contributed by atoms with van der Waals surface area (Å²) in [7, 11) is 0. The number of fused-ring (bicyclic) bond motifs is 1. The minimum absolute atomic E-state index is 0.351. The highest BCUT2D eigenvalue weighted by molar-refractivity contribution is 6.18. The van der Waals surface area contributed by atoms with Crippen LogP contribution >= 0.6 is 11.6 Å². The zero-order chi connectivity index (χ0) is 14.3. The lowest BCUT2D eigenvalue weighted by Crippen LogP contribution is -2.21. The van der Waals surface area contributed by atoms with E-state index in [0.717, 1.165) is 19.0 Å². The van der Waals surface area contributed by atoms with Crippen LogP contribution in [0.4, 0.5) is 19.0 Å². The quantitative estimate of drug-likeness (QED) is 0.800. The third-order valence-electron chi connectivity index (χ3n) is 3.46. The maximum atomic E-state index is 12.7. The van der Waals surface area contributed by atoms with E-state index in [4.69, 9.17) is 11.6 Å². The molecule has 0 spiro atoms. The van der Waals surface area contributed by atoms with E-state index in [1.165, 1.54) is 16.9 Å². The molecule has 0 aromatic carbocycles. The van der Waals surface area contributed by atoms with E-state index in [1.807, 2.05) is 4.90 Å². The second-order valence-corrected chi connectivity index (χ2v) is 5.17. The molecule has 1 atom stereocenters. The Balaban J connectivity index is 2.01. The van der Waals surface area contributed by atoms with Gasteiger partial charge in [0.15, 0.2) is 11.5 Å². The number of halogens is 4. The van der Waals surface area contributed by atoms with Gasteiger partial charge in [0.1, 0.15) is 5.52 Å². The maximum absolute atomic E-state index is 12.7. The Hall–Kier alpha value is -1.50. The molecule has 1 aliphatic heterocycles. The zero-order valence-electron chi connectivity index (χ0n) is 10.4. The Kier molecular flexibility index (Phi) is 3.24. The highest BCUT2D eigenvalue weighted by atomic mass is 35.5. The van der Waals surface area contributed by atoms with Gasteiger partial charge < -0.3 is 4.90 Å². The molecule has 0 N–H and O–H groups in total. The number of aromatic nitrogens is 3. The van der Waals surface area contributed by atoms with Crippen LogP contribution in [0.1, 0.15) is 12.1 Å². The minimum Gasteiger partial charge on any atom is -0.354 e. The van der Waals surface area contributed by atoms with E-state index in [2.05, 4.69) is 10.1 Å². The van der Waals surface area contributed by atoms with Gasteiger partial charge in [-0.05, 0) is 12.3 Å². The summed E-state index contributed by atoms with van der Waals surface area (Å²) in [5, 5.41) is 3.55. The average molecular weight is 305 g/mol. The average Bonchev–Trinajstić information content (AvgIpc) is 3.04. The summed E-state index contributed by atoms with van der Waals surface area (Å²) in [5.74, 6) is 1.43. The van der Waals surface area contributed by atoms with Gasteiger partial charge >= 0.3 is 6.18 Å². The Morgan fingerprint density at radius 3 is 2.85 bits per heavy atom. The summed E-state index contributed by atoms with van der Waals surface area (Å²) < 4.78 is 39.4. The predicted octanol–water partition coefficient (Wildman–Crippen LogP) is 2.81. The number of rotatable bonds is 2. The first-order valence-electron chi connectivity index (χ1n) is 6.21. The molecule has 0 bridgehead atoms. The van der Waals surface area contributed by atoms with E-state index < -0.39 is 11.9 Å². The number of alkyl halides is 4. The van der Waals surface area contributed by atoms with Crippen LogP contribution in [0.25, 0.3) is 5.52 Å². The summed E-state index contributed by atoms with van der Waals surface area (Å²) in [5.41, 5.74) is -0.533. The first kappa shape index (κ1) is 13.5. The van der Waals surface area contributed by atoms with Crippen molar-refractivity contribution in [2.24, 2.45) is 5.92 Å². The summed E-state index contributed by atoms with van der Waals surface area (Å²) in [6, 6.07) is 1.04. The molecule has 20 heavy (non-hydrogen) atoms. The monoisotopic (exact) mass is 304 g/mol. The molecule has 3 rings (SSSR count). The van der Waals surface area contributed by atoms with E-state index in [9.17, 15) is 13.2 Å². The Morgan fingerprint density at radius 1 is 1.40 bits per heavy atom. The highest BCUT2D eigenvalue weighted by Gasteiger charge is 2.35. The number of hydrogen-bond acceptors (Lipinski definition) is 3. The largest absolute Gasteiger partial charge is 0.435 e. The van der Waals surface area contributed by atoms with Crippen LogP contribution in [0.5, 0.6) is 0 Å². The van der Waals surface area contributed by atoms with Crippen molar-refractivity contribution in [2.75, 3.05) is 23.9 Å². The fraction of sp³-hybridized carbons (Fsp3) is 0.500. The van der Waals surface area contributed by atoms with Gasteiger partial charge in [0, 0.05) is 37.4 Å². The first-order chi connectivity index (χ1) is 9.49. The molecular formula is C12H12ClF3N4. The molecule has 3 heterocycles. The fourth-order valence-electron chi connectivity index (χ4n) is 2.44. The molecule has 1 aliphatic rings. The fourth-order valence-corrected chi connectivity index (χ4v) is 2.69. The summed E-state index contributed by atoms with van der Waals surface area (Å²) in [4.78, 5) is 6.17. The molecule has 4 nitrogen and oxygen atoms in total. The molecular weight excluding hydrogens is 293 g/mol. The molecule has 1 fully saturated rings. The van der Waals surface area contributed by atoms with Crippen molar-refractivity contribution < 1.29 is 13.2 Å². The lowest BCUT2D eigenvalue weighted by molar-refractivity contribution is -0.141. The van der Waals surface area contributed by atoms with E-state index in [-0.39, 0.29) is 0 Å². The molecule has 0 radical (unpaired) electrons. The van der Waals surface area contributed by atoms with Crippen LogP contribution in [-0.4, -0.2) is 33.6 Å². The van der Waals surface area contributed by atoms with Crippen LogP contribution in [0.2, 0.25) is 0 Å². The van der Waals surface area contributed by atoms with Crippen molar-refractivity contribution in [3.63, 3.8) is 0 Å². The van der Waals surface area contributed by atoms with Crippen molar-refractivity contribution in [2.45, 2.75) is 12.6 Å². The van der Waals surface area contributed by atoms with Crippen molar-refractivity contribution in [3.8, 4) is 0 Å². The van der Waals surface area contributed by atoms with Crippen LogP contribution in [0.3, 0.4) is 0 Å². The van der Waals surface area contributed by atoms with E-state index in [0.29, 0.717) is 29.7 Å². The maximum Gasteiger partial charge on any atom is 0.435 e. The molecule has 8 heteroatoms. The molecule has 1 unspecified atom stereocenters. The predicted molar refractivity (Wildman–Crippen MR) is 69.0 cm³/mol. The lowest BCUT2D eigenvalue weighted by atomic mass is 10.2. The van der Waals surface area contributed by atoms with Gasteiger partial charge in [-0.15, -0.1) is 11.6 Å². The standard InChI is InChI=1S/C12H12ClF3N4/c13-6-8-1-3-19(7-8)11-9-5-10(12(14,15)16)18-20(9)4-2-17-11/h2,4-5,8H,1,3,6-7H2. The highest BCUT2D eigenvalue weighted by Crippen LogP contribution is 2.32. The van der Waals surface area contributed by atoms with Crippen molar-refractivity contribution >= 4 is 22.9 Å². The SMILES string of the molecule is FC(F)(F)c1cc2c(N3CCC(CCl)C3)nccn2n1. The molecule has 108 valence electrons. The lowest BCUT2D eigenvalue weighted by Gasteiger charge is -2.17. The third-order valence-corrected chi connectivity index (χ3v) is 3.90. The third kappa shape index (κ3) is 2.30. The molecule has 2 aromatic rings. The van der Waals surface area contributed by atoms with Crippen molar-refractivity contribution in [1.82, 2.24) is 14.6 Å². The molecule has 1 saturated heterocycles. The van der Waals surface area contributed by atoms with Gasteiger partial charge in [-0.1, -0.05) is 0 Å². The summed E-state index contributed by atoms with van der Waals surface area (Å²) in [6.45, 7) is 1.46. The molecule has 2 aromatic heterocycles. The summed E-state index contributed by atoms with van der Waals surface area (Å²) >= 11 is 5.83. The topological polar surface area (TPSA) is 33.4 Å². The van der Waals surface area contributed by atoms with Gasteiger partial charge in [0.05, 0.1) is 0 Å². The number of anilines is 1. The smallest absolute Gasteiger partial charge is 0.354 e. The normalized spacial score (nSPS) is 20.0. The van der Waals surface area contributed by atoms with Crippen LogP contribution < -0.4 is 4.90 Å². The molecule has 0 aliphatic carbocycles. The molecule has 0 amide bonds. The number of nitrogens with zero attached hydrogens (tertiary/aromatic N) is 4. The van der Waals surface area contributed by atoms with Crippen molar-refractivity contribution in [3.05, 3.63) is 24.2 Å². The Bertz CT molecular complexity index is 625. The zero-order valence-corrected chi connectivity index (χ0v) is 11.2.